The number of nitrogen functional groups attached to an aromatic ring is 1. The SMILES string of the molecule is Cc1c(N)cccc1C(=O)c1cc(F)ccc1Cl. The zero-order chi connectivity index (χ0) is 13.3. The van der Waals surface area contributed by atoms with Gasteiger partial charge in [0, 0.05) is 16.8 Å². The van der Waals surface area contributed by atoms with Crippen LogP contribution in [0.5, 0.6) is 0 Å². The van der Waals surface area contributed by atoms with Crippen molar-refractivity contribution < 1.29 is 9.18 Å². The Morgan fingerprint density at radius 3 is 2.67 bits per heavy atom. The van der Waals surface area contributed by atoms with Gasteiger partial charge >= 0.3 is 0 Å². The van der Waals surface area contributed by atoms with Gasteiger partial charge in [0.25, 0.3) is 0 Å². The van der Waals surface area contributed by atoms with Gasteiger partial charge in [0.2, 0.25) is 0 Å². The van der Waals surface area contributed by atoms with E-state index >= 15 is 0 Å². The van der Waals surface area contributed by atoms with Gasteiger partial charge in [-0.1, -0.05) is 23.7 Å². The first kappa shape index (κ1) is 12.6. The molecule has 0 aliphatic carbocycles. The highest BCUT2D eigenvalue weighted by Gasteiger charge is 2.16. The van der Waals surface area contributed by atoms with E-state index in [4.69, 9.17) is 17.3 Å². The molecule has 0 aliphatic heterocycles. The molecule has 4 heteroatoms. The van der Waals surface area contributed by atoms with Gasteiger partial charge in [0.05, 0.1) is 5.02 Å². The monoisotopic (exact) mass is 263 g/mol. The van der Waals surface area contributed by atoms with Crippen molar-refractivity contribution in [3.8, 4) is 0 Å². The molecule has 0 aromatic heterocycles. The van der Waals surface area contributed by atoms with E-state index in [1.54, 1.807) is 25.1 Å². The topological polar surface area (TPSA) is 43.1 Å². The number of hydrogen-bond acceptors (Lipinski definition) is 2. The van der Waals surface area contributed by atoms with Gasteiger partial charge < -0.3 is 5.73 Å². The van der Waals surface area contributed by atoms with Crippen molar-refractivity contribution in [1.29, 1.82) is 0 Å². The highest BCUT2D eigenvalue weighted by Crippen LogP contribution is 2.24. The number of hydrogen-bond donors (Lipinski definition) is 1. The van der Waals surface area contributed by atoms with Crippen LogP contribution >= 0.6 is 11.6 Å². The molecule has 2 aromatic rings. The van der Waals surface area contributed by atoms with Crippen LogP contribution in [0.15, 0.2) is 36.4 Å². The lowest BCUT2D eigenvalue weighted by Gasteiger charge is -2.08. The van der Waals surface area contributed by atoms with Crippen LogP contribution in [0.4, 0.5) is 10.1 Å². The molecule has 0 saturated heterocycles. The maximum atomic E-state index is 13.2. The molecule has 0 bridgehead atoms. The minimum atomic E-state index is -0.496. The van der Waals surface area contributed by atoms with E-state index < -0.39 is 5.82 Å². The smallest absolute Gasteiger partial charge is 0.194 e. The van der Waals surface area contributed by atoms with Gasteiger partial charge in [-0.05, 0) is 36.8 Å². The van der Waals surface area contributed by atoms with Gasteiger partial charge in [-0.2, -0.15) is 0 Å². The van der Waals surface area contributed by atoms with Crippen LogP contribution in [0.25, 0.3) is 0 Å². The Balaban J connectivity index is 2.55. The van der Waals surface area contributed by atoms with Crippen molar-refractivity contribution in [2.24, 2.45) is 0 Å². The molecular weight excluding hydrogens is 253 g/mol. The fraction of sp³-hybridized carbons (Fsp3) is 0.0714. The Morgan fingerprint density at radius 1 is 1.22 bits per heavy atom. The van der Waals surface area contributed by atoms with Crippen LogP contribution in [0.3, 0.4) is 0 Å². The van der Waals surface area contributed by atoms with Crippen LogP contribution in [0.1, 0.15) is 21.5 Å². The Hall–Kier alpha value is -1.87. The summed E-state index contributed by atoms with van der Waals surface area (Å²) in [4.78, 5) is 12.3. The Morgan fingerprint density at radius 2 is 1.94 bits per heavy atom. The summed E-state index contributed by atoms with van der Waals surface area (Å²) in [5, 5.41) is 0.225. The van der Waals surface area contributed by atoms with E-state index in [1.165, 1.54) is 12.1 Å². The highest BCUT2D eigenvalue weighted by atomic mass is 35.5. The van der Waals surface area contributed by atoms with Gasteiger partial charge in [-0.15, -0.1) is 0 Å². The number of carbonyl (C=O) groups excluding carboxylic acids is 1. The summed E-state index contributed by atoms with van der Waals surface area (Å²) in [7, 11) is 0. The van der Waals surface area contributed by atoms with E-state index in [-0.39, 0.29) is 16.4 Å². The van der Waals surface area contributed by atoms with E-state index in [0.717, 1.165) is 6.07 Å². The molecule has 18 heavy (non-hydrogen) atoms. The molecule has 0 spiro atoms. The molecule has 2 N–H and O–H groups in total. The fourth-order valence-corrected chi connectivity index (χ4v) is 1.92. The second-order valence-electron chi connectivity index (χ2n) is 3.97. The second-order valence-corrected chi connectivity index (χ2v) is 4.38. The van der Waals surface area contributed by atoms with Gasteiger partial charge in [0.15, 0.2) is 5.78 Å². The number of halogens is 2. The maximum Gasteiger partial charge on any atom is 0.194 e. The van der Waals surface area contributed by atoms with E-state index in [1.807, 2.05) is 0 Å². The van der Waals surface area contributed by atoms with Crippen LogP contribution in [0, 0.1) is 12.7 Å². The molecular formula is C14H11ClFNO. The van der Waals surface area contributed by atoms with Crippen LogP contribution < -0.4 is 5.73 Å². The minimum absolute atomic E-state index is 0.144. The average Bonchev–Trinajstić information content (AvgIpc) is 2.35. The Kier molecular flexibility index (Phi) is 3.34. The first-order valence-corrected chi connectivity index (χ1v) is 5.73. The lowest BCUT2D eigenvalue weighted by atomic mass is 9.98. The molecule has 0 aliphatic rings. The number of carbonyl (C=O) groups is 1. The first-order valence-electron chi connectivity index (χ1n) is 5.35. The average molecular weight is 264 g/mol. The third-order valence-electron chi connectivity index (χ3n) is 2.79. The number of anilines is 1. The summed E-state index contributed by atoms with van der Waals surface area (Å²) in [5.74, 6) is -0.825. The molecule has 0 atom stereocenters. The zero-order valence-corrected chi connectivity index (χ0v) is 10.5. The van der Waals surface area contributed by atoms with Crippen molar-refractivity contribution in [3.63, 3.8) is 0 Å². The summed E-state index contributed by atoms with van der Waals surface area (Å²) in [6.45, 7) is 1.75. The van der Waals surface area contributed by atoms with Crippen LogP contribution in [0.2, 0.25) is 5.02 Å². The summed E-state index contributed by atoms with van der Waals surface area (Å²) in [5.41, 5.74) is 7.51. The van der Waals surface area contributed by atoms with Crippen molar-refractivity contribution in [1.82, 2.24) is 0 Å². The van der Waals surface area contributed by atoms with Gasteiger partial charge in [0.1, 0.15) is 5.82 Å². The van der Waals surface area contributed by atoms with Crippen LogP contribution in [-0.2, 0) is 0 Å². The number of rotatable bonds is 2. The van der Waals surface area contributed by atoms with Gasteiger partial charge in [-0.25, -0.2) is 4.39 Å². The first-order chi connectivity index (χ1) is 8.50. The second kappa shape index (κ2) is 4.78. The molecule has 0 radical (unpaired) electrons. The van der Waals surface area contributed by atoms with Crippen LogP contribution in [-0.4, -0.2) is 5.78 Å². The number of benzene rings is 2. The van der Waals surface area contributed by atoms with E-state index in [2.05, 4.69) is 0 Å². The summed E-state index contributed by atoms with van der Waals surface area (Å²) in [6, 6.07) is 8.75. The lowest BCUT2D eigenvalue weighted by Crippen LogP contribution is -2.06. The minimum Gasteiger partial charge on any atom is -0.398 e. The molecule has 2 aromatic carbocycles. The third-order valence-corrected chi connectivity index (χ3v) is 3.12. The molecule has 2 rings (SSSR count). The number of nitrogens with two attached hydrogens (primary N) is 1. The van der Waals surface area contributed by atoms with Crippen molar-refractivity contribution in [2.45, 2.75) is 6.92 Å². The molecule has 0 amide bonds. The normalized spacial score (nSPS) is 10.4. The number of ketones is 1. The fourth-order valence-electron chi connectivity index (χ4n) is 1.72. The molecule has 2 nitrogen and oxygen atoms in total. The summed E-state index contributed by atoms with van der Waals surface area (Å²) >= 11 is 5.91. The quantitative estimate of drug-likeness (QED) is 0.664. The summed E-state index contributed by atoms with van der Waals surface area (Å²) < 4.78 is 13.2. The van der Waals surface area contributed by atoms with Crippen molar-refractivity contribution in [3.05, 3.63) is 63.9 Å². The van der Waals surface area contributed by atoms with Crippen molar-refractivity contribution >= 4 is 23.1 Å². The molecule has 92 valence electrons. The molecule has 0 unspecified atom stereocenters. The Labute approximate surface area is 109 Å². The predicted octanol–water partition coefficient (Wildman–Crippen LogP) is 3.60. The predicted molar refractivity (Wildman–Crippen MR) is 70.4 cm³/mol. The zero-order valence-electron chi connectivity index (χ0n) is 9.71. The van der Waals surface area contributed by atoms with Gasteiger partial charge in [-0.3, -0.25) is 4.79 Å². The largest absolute Gasteiger partial charge is 0.398 e. The maximum absolute atomic E-state index is 13.2. The molecule has 0 saturated carbocycles. The molecule has 0 heterocycles. The van der Waals surface area contributed by atoms with Crippen molar-refractivity contribution in [2.75, 3.05) is 5.73 Å². The lowest BCUT2D eigenvalue weighted by molar-refractivity contribution is 0.103. The standard InChI is InChI=1S/C14H11ClFNO/c1-8-10(3-2-4-13(8)17)14(18)11-7-9(16)5-6-12(11)15/h2-7H,17H2,1H3. The summed E-state index contributed by atoms with van der Waals surface area (Å²) in [6.07, 6.45) is 0. The third kappa shape index (κ3) is 2.22. The Bertz CT molecular complexity index is 621. The van der Waals surface area contributed by atoms with E-state index in [9.17, 15) is 9.18 Å². The molecule has 0 fully saturated rings. The van der Waals surface area contributed by atoms with E-state index in [0.29, 0.717) is 16.8 Å². The highest BCUT2D eigenvalue weighted by molar-refractivity contribution is 6.35.